The predicted molar refractivity (Wildman–Crippen MR) is 44.5 cm³/mol. The summed E-state index contributed by atoms with van der Waals surface area (Å²) in [6, 6.07) is 0. The van der Waals surface area contributed by atoms with Crippen LogP contribution >= 0.6 is 0 Å². The number of amides is 1. The van der Waals surface area contributed by atoms with Gasteiger partial charge in [-0.15, -0.1) is 0 Å². The maximum absolute atomic E-state index is 10.7. The van der Waals surface area contributed by atoms with Gasteiger partial charge in [-0.3, -0.25) is 0 Å². The topological polar surface area (TPSA) is 53.1 Å². The fourth-order valence-electron chi connectivity index (χ4n) is 2.93. The molecule has 1 saturated carbocycles. The Morgan fingerprint density at radius 1 is 1.38 bits per heavy atom. The molecule has 2 heterocycles. The molecule has 4 nitrogen and oxygen atoms in total. The fourth-order valence-corrected chi connectivity index (χ4v) is 2.93. The summed E-state index contributed by atoms with van der Waals surface area (Å²) in [5, 5.41) is 8.81. The third-order valence-electron chi connectivity index (χ3n) is 3.67. The number of carboxylic acid groups (broad SMARTS) is 1. The highest BCUT2D eigenvalue weighted by Crippen LogP contribution is 2.51. The molecular formula is C9H13NO3. The van der Waals surface area contributed by atoms with Crippen molar-refractivity contribution >= 4 is 6.09 Å². The van der Waals surface area contributed by atoms with Crippen molar-refractivity contribution in [1.29, 1.82) is 0 Å². The van der Waals surface area contributed by atoms with E-state index in [1.807, 2.05) is 0 Å². The average Bonchev–Trinajstić information content (AvgIpc) is 2.49. The van der Waals surface area contributed by atoms with Crippen molar-refractivity contribution in [2.24, 2.45) is 11.8 Å². The Balaban J connectivity index is 1.70. The highest BCUT2D eigenvalue weighted by molar-refractivity contribution is 5.65. The Hall–Kier alpha value is -0.770. The van der Waals surface area contributed by atoms with Crippen LogP contribution in [0.15, 0.2) is 0 Å². The Morgan fingerprint density at radius 3 is 2.31 bits per heavy atom. The van der Waals surface area contributed by atoms with E-state index in [0.717, 1.165) is 32.5 Å². The van der Waals surface area contributed by atoms with Crippen molar-refractivity contribution in [2.45, 2.75) is 18.4 Å². The van der Waals surface area contributed by atoms with E-state index < -0.39 is 6.09 Å². The van der Waals surface area contributed by atoms with Crippen LogP contribution in [-0.2, 0) is 4.74 Å². The smallest absolute Gasteiger partial charge is 0.407 e. The molecule has 0 aromatic carbocycles. The summed E-state index contributed by atoms with van der Waals surface area (Å²) in [6.07, 6.45) is 1.41. The van der Waals surface area contributed by atoms with Crippen LogP contribution in [0.1, 0.15) is 12.8 Å². The van der Waals surface area contributed by atoms with Gasteiger partial charge < -0.3 is 14.7 Å². The van der Waals surface area contributed by atoms with Gasteiger partial charge in [-0.25, -0.2) is 4.79 Å². The second-order valence-corrected chi connectivity index (χ2v) is 4.59. The lowest BCUT2D eigenvalue weighted by Crippen LogP contribution is -2.28. The number of likely N-dealkylation sites (tertiary alicyclic amines) is 1. The van der Waals surface area contributed by atoms with Crippen LogP contribution in [0.25, 0.3) is 0 Å². The number of epoxide rings is 1. The highest BCUT2D eigenvalue weighted by Gasteiger charge is 2.57. The molecule has 0 aromatic rings. The quantitative estimate of drug-likeness (QED) is 0.564. The van der Waals surface area contributed by atoms with Gasteiger partial charge in [0.1, 0.15) is 0 Å². The molecule has 2 saturated heterocycles. The minimum absolute atomic E-state index is 0.194. The molecule has 13 heavy (non-hydrogen) atoms. The van der Waals surface area contributed by atoms with Crippen molar-refractivity contribution in [1.82, 2.24) is 4.90 Å². The molecule has 2 aliphatic heterocycles. The van der Waals surface area contributed by atoms with E-state index in [1.54, 1.807) is 4.90 Å². The third kappa shape index (κ3) is 1.05. The van der Waals surface area contributed by atoms with Crippen molar-refractivity contribution in [3.63, 3.8) is 0 Å². The second-order valence-electron chi connectivity index (χ2n) is 4.59. The minimum Gasteiger partial charge on any atom is -0.465 e. The number of ether oxygens (including phenoxy) is 1. The molecule has 0 unspecified atom stereocenters. The Morgan fingerprint density at radius 2 is 1.92 bits per heavy atom. The molecule has 1 spiro atoms. The first kappa shape index (κ1) is 7.62. The van der Waals surface area contributed by atoms with E-state index in [-0.39, 0.29) is 5.60 Å². The Bertz CT molecular complexity index is 246. The number of hydrogen-bond donors (Lipinski definition) is 1. The van der Waals surface area contributed by atoms with Crippen LogP contribution < -0.4 is 0 Å². The van der Waals surface area contributed by atoms with Gasteiger partial charge in [-0.2, -0.15) is 0 Å². The van der Waals surface area contributed by atoms with Crippen LogP contribution in [0.5, 0.6) is 0 Å². The van der Waals surface area contributed by atoms with Gasteiger partial charge in [0.2, 0.25) is 0 Å². The molecular weight excluding hydrogens is 170 g/mol. The fraction of sp³-hybridized carbons (Fsp3) is 0.889. The van der Waals surface area contributed by atoms with E-state index in [4.69, 9.17) is 9.84 Å². The summed E-state index contributed by atoms with van der Waals surface area (Å²) in [6.45, 7) is 2.36. The largest absolute Gasteiger partial charge is 0.465 e. The van der Waals surface area contributed by atoms with Crippen molar-refractivity contribution < 1.29 is 14.6 Å². The summed E-state index contributed by atoms with van der Waals surface area (Å²) in [5.74, 6) is 1.14. The van der Waals surface area contributed by atoms with E-state index >= 15 is 0 Å². The SMILES string of the molecule is O=C(O)N1C[C@@H]2C[C@@]3(CO3)C[C@@H]2C1. The van der Waals surface area contributed by atoms with E-state index in [2.05, 4.69) is 0 Å². The third-order valence-corrected chi connectivity index (χ3v) is 3.67. The Labute approximate surface area is 76.5 Å². The average molecular weight is 183 g/mol. The molecule has 72 valence electrons. The Kier molecular flexibility index (Phi) is 1.28. The van der Waals surface area contributed by atoms with E-state index in [0.29, 0.717) is 11.8 Å². The van der Waals surface area contributed by atoms with Crippen LogP contribution in [0.3, 0.4) is 0 Å². The van der Waals surface area contributed by atoms with Gasteiger partial charge in [0.15, 0.2) is 0 Å². The van der Waals surface area contributed by atoms with Crippen LogP contribution in [-0.4, -0.2) is 41.4 Å². The molecule has 1 aliphatic carbocycles. The normalized spacial score (nSPS) is 46.9. The van der Waals surface area contributed by atoms with Crippen molar-refractivity contribution in [2.75, 3.05) is 19.7 Å². The number of fused-ring (bicyclic) bond motifs is 1. The molecule has 3 fully saturated rings. The maximum Gasteiger partial charge on any atom is 0.407 e. The van der Waals surface area contributed by atoms with E-state index in [1.165, 1.54) is 0 Å². The summed E-state index contributed by atoms with van der Waals surface area (Å²) in [7, 11) is 0. The first-order valence-corrected chi connectivity index (χ1v) is 4.80. The molecule has 3 aliphatic rings. The molecule has 0 radical (unpaired) electrons. The maximum atomic E-state index is 10.7. The van der Waals surface area contributed by atoms with Crippen molar-refractivity contribution in [3.05, 3.63) is 0 Å². The number of nitrogens with zero attached hydrogens (tertiary/aromatic N) is 1. The zero-order chi connectivity index (χ0) is 9.05. The summed E-state index contributed by atoms with van der Waals surface area (Å²) in [4.78, 5) is 12.3. The first-order valence-electron chi connectivity index (χ1n) is 4.80. The molecule has 1 amide bonds. The summed E-state index contributed by atoms with van der Waals surface area (Å²) >= 11 is 0. The highest BCUT2D eigenvalue weighted by atomic mass is 16.6. The number of carbonyl (C=O) groups is 1. The van der Waals surface area contributed by atoms with Crippen LogP contribution in [0.2, 0.25) is 0 Å². The van der Waals surface area contributed by atoms with Gasteiger partial charge >= 0.3 is 6.09 Å². The second kappa shape index (κ2) is 2.18. The van der Waals surface area contributed by atoms with E-state index in [9.17, 15) is 4.79 Å². The molecule has 4 heteroatoms. The molecule has 3 rings (SSSR count). The summed E-state index contributed by atoms with van der Waals surface area (Å²) in [5.41, 5.74) is 0.194. The lowest BCUT2D eigenvalue weighted by atomic mass is 10.0. The molecule has 3 atom stereocenters. The van der Waals surface area contributed by atoms with Crippen LogP contribution in [0, 0.1) is 11.8 Å². The molecule has 0 bridgehead atoms. The zero-order valence-electron chi connectivity index (χ0n) is 7.40. The van der Waals surface area contributed by atoms with Crippen molar-refractivity contribution in [3.8, 4) is 0 Å². The van der Waals surface area contributed by atoms with Gasteiger partial charge in [-0.1, -0.05) is 0 Å². The predicted octanol–water partition coefficient (Wildman–Crippen LogP) is 0.775. The van der Waals surface area contributed by atoms with Crippen LogP contribution in [0.4, 0.5) is 4.79 Å². The summed E-state index contributed by atoms with van der Waals surface area (Å²) < 4.78 is 5.42. The lowest BCUT2D eigenvalue weighted by molar-refractivity contribution is 0.149. The molecule has 0 aromatic heterocycles. The number of hydrogen-bond acceptors (Lipinski definition) is 2. The van der Waals surface area contributed by atoms with Gasteiger partial charge in [-0.05, 0) is 24.7 Å². The van der Waals surface area contributed by atoms with Gasteiger partial charge in [0, 0.05) is 13.1 Å². The standard InChI is InChI=1S/C9H13NO3/c11-8(12)10-3-6-1-9(5-13-9)2-7(6)4-10/h6-7H,1-5H2,(H,11,12)/t6-,7+,9-. The lowest BCUT2D eigenvalue weighted by Gasteiger charge is -2.13. The minimum atomic E-state index is -0.764. The zero-order valence-corrected chi connectivity index (χ0v) is 7.40. The molecule has 1 N–H and O–H groups in total. The number of rotatable bonds is 0. The monoisotopic (exact) mass is 183 g/mol. The van der Waals surface area contributed by atoms with Gasteiger partial charge in [0.05, 0.1) is 12.2 Å². The van der Waals surface area contributed by atoms with Gasteiger partial charge in [0.25, 0.3) is 0 Å². The first-order chi connectivity index (χ1) is 6.19.